The highest BCUT2D eigenvalue weighted by atomic mass is 35.5. The van der Waals surface area contributed by atoms with Crippen molar-refractivity contribution >= 4 is 44.8 Å². The first-order valence-corrected chi connectivity index (χ1v) is 13.3. The molecule has 0 bridgehead atoms. The van der Waals surface area contributed by atoms with E-state index >= 15 is 0 Å². The number of rotatable bonds is 7. The zero-order chi connectivity index (χ0) is 25.0. The molecule has 1 unspecified atom stereocenters. The maximum atomic E-state index is 14.2. The number of benzene rings is 3. The Morgan fingerprint density at radius 1 is 0.943 bits per heavy atom. The lowest BCUT2D eigenvalue weighted by atomic mass is 10.1. The molecule has 1 heterocycles. The van der Waals surface area contributed by atoms with Crippen LogP contribution in [0.1, 0.15) is 5.56 Å². The molecule has 10 heteroatoms. The van der Waals surface area contributed by atoms with E-state index in [2.05, 4.69) is 4.72 Å². The Morgan fingerprint density at radius 3 is 2.29 bits per heavy atom. The molecule has 0 aliphatic carbocycles. The van der Waals surface area contributed by atoms with Crippen molar-refractivity contribution in [2.45, 2.75) is 17.4 Å². The fourth-order valence-corrected chi connectivity index (χ4v) is 6.01. The predicted molar refractivity (Wildman–Crippen MR) is 136 cm³/mol. The normalized spacial score (nSPS) is 15.2. The second-order valence-corrected chi connectivity index (χ2v) is 10.7. The van der Waals surface area contributed by atoms with Gasteiger partial charge in [-0.25, -0.2) is 12.8 Å². The van der Waals surface area contributed by atoms with E-state index in [-0.39, 0.29) is 33.1 Å². The lowest BCUT2D eigenvalue weighted by Gasteiger charge is -2.37. The third-order valence-electron chi connectivity index (χ3n) is 5.85. The summed E-state index contributed by atoms with van der Waals surface area (Å²) in [6.07, 6.45) is 0.157. The van der Waals surface area contributed by atoms with Crippen molar-refractivity contribution in [2.24, 2.45) is 0 Å². The molecule has 0 spiro atoms. The zero-order valence-corrected chi connectivity index (χ0v) is 21.0. The number of nitrogens with zero attached hydrogens (tertiary/aromatic N) is 2. The third-order valence-corrected chi connectivity index (χ3v) is 8.03. The number of nitrogens with one attached hydrogen (secondary N) is 1. The van der Waals surface area contributed by atoms with Crippen LogP contribution in [0.2, 0.25) is 10.0 Å². The molecule has 6 nitrogen and oxygen atoms in total. The van der Waals surface area contributed by atoms with Crippen molar-refractivity contribution in [3.63, 3.8) is 0 Å². The summed E-state index contributed by atoms with van der Waals surface area (Å²) in [6, 6.07) is 18.7. The maximum Gasteiger partial charge on any atom is 0.242 e. The summed E-state index contributed by atoms with van der Waals surface area (Å²) in [4.78, 5) is 16.8. The number of halogens is 3. The van der Waals surface area contributed by atoms with Gasteiger partial charge in [-0.2, -0.15) is 4.72 Å². The highest BCUT2D eigenvalue weighted by Crippen LogP contribution is 2.26. The molecule has 4 rings (SSSR count). The number of hydrogen-bond donors (Lipinski definition) is 1. The highest BCUT2D eigenvalue weighted by molar-refractivity contribution is 7.89. The van der Waals surface area contributed by atoms with Crippen molar-refractivity contribution in [3.05, 3.63) is 94.2 Å². The quantitative estimate of drug-likeness (QED) is 0.487. The molecule has 1 aliphatic heterocycles. The molecule has 0 saturated carbocycles. The number of carbonyl (C=O) groups excluding carboxylic acids is 1. The van der Waals surface area contributed by atoms with E-state index < -0.39 is 16.1 Å². The number of piperazine rings is 1. The standard InChI is InChI=1S/C25H24Cl2FN3O3S/c26-19-10-11-20(27)24(17-19)35(33,34)29-22(16-18-6-2-1-3-7-18)25(32)31-14-12-30(13-15-31)23-9-5-4-8-21(23)28/h1-11,17,22,29H,12-16H2. The lowest BCUT2D eigenvalue weighted by molar-refractivity contribution is -0.133. The van der Waals surface area contributed by atoms with Gasteiger partial charge in [0.1, 0.15) is 16.8 Å². The molecule has 0 radical (unpaired) electrons. The molecule has 1 amide bonds. The first kappa shape index (κ1) is 25.4. The first-order valence-electron chi connectivity index (χ1n) is 11.0. The van der Waals surface area contributed by atoms with Gasteiger partial charge in [-0.3, -0.25) is 4.79 Å². The van der Waals surface area contributed by atoms with Gasteiger partial charge < -0.3 is 9.80 Å². The van der Waals surface area contributed by atoms with Gasteiger partial charge >= 0.3 is 0 Å². The van der Waals surface area contributed by atoms with Crippen molar-refractivity contribution in [1.82, 2.24) is 9.62 Å². The second kappa shape index (κ2) is 11.0. The zero-order valence-electron chi connectivity index (χ0n) is 18.7. The smallest absolute Gasteiger partial charge is 0.242 e. The molecule has 35 heavy (non-hydrogen) atoms. The first-order chi connectivity index (χ1) is 16.7. The Labute approximate surface area is 214 Å². The fraction of sp³-hybridized carbons (Fsp3) is 0.240. The van der Waals surface area contributed by atoms with Crippen LogP contribution in [0.3, 0.4) is 0 Å². The number of hydrogen-bond acceptors (Lipinski definition) is 4. The Balaban J connectivity index is 1.54. The lowest BCUT2D eigenvalue weighted by Crippen LogP contribution is -2.55. The van der Waals surface area contributed by atoms with Crippen LogP contribution >= 0.6 is 23.2 Å². The predicted octanol–water partition coefficient (Wildman–Crippen LogP) is 4.37. The van der Waals surface area contributed by atoms with Crippen LogP contribution in [0.4, 0.5) is 10.1 Å². The molecule has 3 aromatic rings. The summed E-state index contributed by atoms with van der Waals surface area (Å²) in [5, 5.41) is 0.219. The molecule has 1 N–H and O–H groups in total. The number of amides is 1. The number of sulfonamides is 1. The van der Waals surface area contributed by atoms with Crippen LogP contribution in [0, 0.1) is 5.82 Å². The minimum absolute atomic E-state index is 0.00584. The largest absolute Gasteiger partial charge is 0.366 e. The topological polar surface area (TPSA) is 69.7 Å². The summed E-state index contributed by atoms with van der Waals surface area (Å²) in [6.45, 7) is 1.52. The Morgan fingerprint density at radius 2 is 1.60 bits per heavy atom. The van der Waals surface area contributed by atoms with Crippen LogP contribution in [0.25, 0.3) is 0 Å². The van der Waals surface area contributed by atoms with E-state index in [1.165, 1.54) is 24.3 Å². The van der Waals surface area contributed by atoms with E-state index in [0.717, 1.165) is 5.56 Å². The van der Waals surface area contributed by atoms with E-state index in [1.807, 2.05) is 35.2 Å². The van der Waals surface area contributed by atoms with Gasteiger partial charge in [-0.15, -0.1) is 0 Å². The molecule has 1 fully saturated rings. The molecule has 1 atom stereocenters. The highest BCUT2D eigenvalue weighted by Gasteiger charge is 2.32. The maximum absolute atomic E-state index is 14.2. The van der Waals surface area contributed by atoms with E-state index in [4.69, 9.17) is 23.2 Å². The second-order valence-electron chi connectivity index (χ2n) is 8.20. The molecule has 1 saturated heterocycles. The van der Waals surface area contributed by atoms with E-state index in [0.29, 0.717) is 31.9 Å². The van der Waals surface area contributed by atoms with Gasteiger partial charge in [0, 0.05) is 31.2 Å². The summed E-state index contributed by atoms with van der Waals surface area (Å²) >= 11 is 12.1. The van der Waals surface area contributed by atoms with E-state index in [1.54, 1.807) is 23.1 Å². The number of carbonyl (C=O) groups is 1. The van der Waals surface area contributed by atoms with Crippen LogP contribution in [-0.2, 0) is 21.2 Å². The summed E-state index contributed by atoms with van der Waals surface area (Å²) < 4.78 is 43.1. The summed E-state index contributed by atoms with van der Waals surface area (Å²) in [5.41, 5.74) is 1.28. The molecule has 0 aromatic heterocycles. The SMILES string of the molecule is O=C(C(Cc1ccccc1)NS(=O)(=O)c1cc(Cl)ccc1Cl)N1CCN(c2ccccc2F)CC1. The van der Waals surface area contributed by atoms with Crippen molar-refractivity contribution in [3.8, 4) is 0 Å². The summed E-state index contributed by atoms with van der Waals surface area (Å²) in [7, 11) is -4.15. The minimum Gasteiger partial charge on any atom is -0.366 e. The number of para-hydroxylation sites is 1. The van der Waals surface area contributed by atoms with Crippen LogP contribution in [0.5, 0.6) is 0 Å². The van der Waals surface area contributed by atoms with E-state index in [9.17, 15) is 17.6 Å². The monoisotopic (exact) mass is 535 g/mol. The average Bonchev–Trinajstić information content (AvgIpc) is 2.85. The van der Waals surface area contributed by atoms with Gasteiger partial charge in [0.25, 0.3) is 0 Å². The average molecular weight is 536 g/mol. The molecular weight excluding hydrogens is 512 g/mol. The molecule has 184 valence electrons. The third kappa shape index (κ3) is 6.13. The Hall–Kier alpha value is -2.65. The summed E-state index contributed by atoms with van der Waals surface area (Å²) in [5.74, 6) is -0.677. The van der Waals surface area contributed by atoms with Crippen molar-refractivity contribution < 1.29 is 17.6 Å². The molecule has 3 aromatic carbocycles. The van der Waals surface area contributed by atoms with Crippen LogP contribution in [0.15, 0.2) is 77.7 Å². The van der Waals surface area contributed by atoms with Gasteiger partial charge in [-0.05, 0) is 42.3 Å². The Bertz CT molecular complexity index is 1300. The molecular formula is C25H24Cl2FN3O3S. The minimum atomic E-state index is -4.15. The van der Waals surface area contributed by atoms with Crippen LogP contribution < -0.4 is 9.62 Å². The molecule has 1 aliphatic rings. The van der Waals surface area contributed by atoms with Gasteiger partial charge in [-0.1, -0.05) is 65.7 Å². The van der Waals surface area contributed by atoms with Crippen molar-refractivity contribution in [2.75, 3.05) is 31.1 Å². The van der Waals surface area contributed by atoms with Gasteiger partial charge in [0.05, 0.1) is 10.7 Å². The van der Waals surface area contributed by atoms with Crippen LogP contribution in [-0.4, -0.2) is 51.4 Å². The fourth-order valence-electron chi connectivity index (χ4n) is 4.06. The van der Waals surface area contributed by atoms with Gasteiger partial charge in [0.2, 0.25) is 15.9 Å². The number of anilines is 1. The van der Waals surface area contributed by atoms with Gasteiger partial charge in [0.15, 0.2) is 0 Å². The Kier molecular flexibility index (Phi) is 7.96. The van der Waals surface area contributed by atoms with Crippen molar-refractivity contribution in [1.29, 1.82) is 0 Å².